The zero-order valence-electron chi connectivity index (χ0n) is 9.41. The summed E-state index contributed by atoms with van der Waals surface area (Å²) in [5.41, 5.74) is 6.13. The van der Waals surface area contributed by atoms with Crippen LogP contribution in [0.1, 0.15) is 51.9 Å². The lowest BCUT2D eigenvalue weighted by Crippen LogP contribution is -2.54. The van der Waals surface area contributed by atoms with Crippen molar-refractivity contribution in [1.82, 2.24) is 4.90 Å². The van der Waals surface area contributed by atoms with Crippen LogP contribution in [0.2, 0.25) is 0 Å². The number of nitrogens with zero attached hydrogens (tertiary/aromatic N) is 1. The van der Waals surface area contributed by atoms with Crippen LogP contribution in [-0.2, 0) is 0 Å². The molecule has 2 N–H and O–H groups in total. The molecule has 0 bridgehead atoms. The zero-order chi connectivity index (χ0) is 9.97. The molecule has 0 aromatic heterocycles. The highest BCUT2D eigenvalue weighted by Crippen LogP contribution is 2.27. The molecule has 2 fully saturated rings. The maximum absolute atomic E-state index is 6.13. The maximum atomic E-state index is 6.13. The topological polar surface area (TPSA) is 29.3 Å². The number of hydrogen-bond acceptors (Lipinski definition) is 2. The molecule has 82 valence electrons. The first kappa shape index (κ1) is 10.4. The third kappa shape index (κ3) is 2.12. The molecule has 2 heteroatoms. The van der Waals surface area contributed by atoms with E-state index in [1.165, 1.54) is 51.5 Å². The molecular formula is C12H24N2. The first-order valence-electron chi connectivity index (χ1n) is 6.30. The van der Waals surface area contributed by atoms with Crippen molar-refractivity contribution in [2.45, 2.75) is 70.0 Å². The number of hydrogen-bond donors (Lipinski definition) is 1. The van der Waals surface area contributed by atoms with Gasteiger partial charge < -0.3 is 5.73 Å². The molecule has 0 unspecified atom stereocenters. The molecule has 2 aliphatic rings. The Kier molecular flexibility index (Phi) is 3.45. The molecule has 2 rings (SSSR count). The predicted octanol–water partition coefficient (Wildman–Crippen LogP) is 2.13. The summed E-state index contributed by atoms with van der Waals surface area (Å²) in [5, 5.41) is 0. The minimum absolute atomic E-state index is 0.422. The van der Waals surface area contributed by atoms with Crippen LogP contribution >= 0.6 is 0 Å². The largest absolute Gasteiger partial charge is 0.326 e. The van der Waals surface area contributed by atoms with Crippen LogP contribution in [-0.4, -0.2) is 29.6 Å². The van der Waals surface area contributed by atoms with Gasteiger partial charge in [0.15, 0.2) is 0 Å². The third-order valence-electron chi connectivity index (χ3n) is 4.14. The molecule has 0 radical (unpaired) electrons. The molecule has 1 saturated carbocycles. The molecule has 0 amide bonds. The van der Waals surface area contributed by atoms with Gasteiger partial charge in [0, 0.05) is 18.1 Å². The van der Waals surface area contributed by atoms with E-state index in [0.717, 1.165) is 6.04 Å². The van der Waals surface area contributed by atoms with E-state index in [9.17, 15) is 0 Å². The van der Waals surface area contributed by atoms with Gasteiger partial charge in [-0.15, -0.1) is 0 Å². The summed E-state index contributed by atoms with van der Waals surface area (Å²) in [6.07, 6.45) is 9.68. The van der Waals surface area contributed by atoms with Gasteiger partial charge in [-0.3, -0.25) is 4.90 Å². The van der Waals surface area contributed by atoms with Crippen LogP contribution in [0.15, 0.2) is 0 Å². The third-order valence-corrected chi connectivity index (χ3v) is 4.14. The molecule has 2 atom stereocenters. The van der Waals surface area contributed by atoms with Gasteiger partial charge in [0.05, 0.1) is 0 Å². The van der Waals surface area contributed by atoms with Crippen molar-refractivity contribution in [2.75, 3.05) is 6.54 Å². The van der Waals surface area contributed by atoms with Crippen molar-refractivity contribution >= 4 is 0 Å². The second-order valence-corrected chi connectivity index (χ2v) is 5.08. The highest BCUT2D eigenvalue weighted by molar-refractivity contribution is 4.88. The predicted molar refractivity (Wildman–Crippen MR) is 60.3 cm³/mol. The highest BCUT2D eigenvalue weighted by atomic mass is 15.2. The van der Waals surface area contributed by atoms with Crippen molar-refractivity contribution in [2.24, 2.45) is 5.73 Å². The smallest absolute Gasteiger partial charge is 0.0221 e. The molecule has 1 aliphatic heterocycles. The SMILES string of the molecule is C[C@@H]1[C@H](N)CCCN1C1CCCCC1. The summed E-state index contributed by atoms with van der Waals surface area (Å²) >= 11 is 0. The lowest BCUT2D eigenvalue weighted by Gasteiger charge is -2.44. The second kappa shape index (κ2) is 4.63. The molecule has 0 aromatic carbocycles. The van der Waals surface area contributed by atoms with Crippen molar-refractivity contribution in [1.29, 1.82) is 0 Å². The van der Waals surface area contributed by atoms with Gasteiger partial charge in [0.2, 0.25) is 0 Å². The molecule has 2 nitrogen and oxygen atoms in total. The van der Waals surface area contributed by atoms with Gasteiger partial charge in [0.1, 0.15) is 0 Å². The summed E-state index contributed by atoms with van der Waals surface area (Å²) in [6.45, 7) is 3.61. The molecular weight excluding hydrogens is 172 g/mol. The van der Waals surface area contributed by atoms with Crippen LogP contribution in [0, 0.1) is 0 Å². The fraction of sp³-hybridized carbons (Fsp3) is 1.00. The molecule has 1 aliphatic carbocycles. The van der Waals surface area contributed by atoms with Gasteiger partial charge in [-0.05, 0) is 39.2 Å². The minimum atomic E-state index is 0.422. The van der Waals surface area contributed by atoms with Gasteiger partial charge in [-0.2, -0.15) is 0 Å². The van der Waals surface area contributed by atoms with E-state index in [2.05, 4.69) is 11.8 Å². The van der Waals surface area contributed by atoms with E-state index in [-0.39, 0.29) is 0 Å². The summed E-state index contributed by atoms with van der Waals surface area (Å²) in [4.78, 5) is 2.69. The number of rotatable bonds is 1. The molecule has 0 spiro atoms. The number of likely N-dealkylation sites (tertiary alicyclic amines) is 1. The summed E-state index contributed by atoms with van der Waals surface area (Å²) in [7, 11) is 0. The van der Waals surface area contributed by atoms with Crippen LogP contribution < -0.4 is 5.73 Å². The second-order valence-electron chi connectivity index (χ2n) is 5.08. The number of piperidine rings is 1. The van der Waals surface area contributed by atoms with Crippen LogP contribution in [0.5, 0.6) is 0 Å². The summed E-state index contributed by atoms with van der Waals surface area (Å²) in [5.74, 6) is 0. The van der Waals surface area contributed by atoms with Gasteiger partial charge >= 0.3 is 0 Å². The fourth-order valence-corrected chi connectivity index (χ4v) is 3.13. The van der Waals surface area contributed by atoms with E-state index in [1.807, 2.05) is 0 Å². The maximum Gasteiger partial charge on any atom is 0.0221 e. The van der Waals surface area contributed by atoms with Crippen molar-refractivity contribution in [3.63, 3.8) is 0 Å². The Morgan fingerprint density at radius 2 is 1.71 bits per heavy atom. The summed E-state index contributed by atoms with van der Waals surface area (Å²) < 4.78 is 0. The van der Waals surface area contributed by atoms with Crippen molar-refractivity contribution in [3.05, 3.63) is 0 Å². The monoisotopic (exact) mass is 196 g/mol. The molecule has 0 aromatic rings. The highest BCUT2D eigenvalue weighted by Gasteiger charge is 2.30. The van der Waals surface area contributed by atoms with Gasteiger partial charge in [-0.25, -0.2) is 0 Å². The fourth-order valence-electron chi connectivity index (χ4n) is 3.13. The average Bonchev–Trinajstić information content (AvgIpc) is 2.23. The Balaban J connectivity index is 1.93. The quantitative estimate of drug-likeness (QED) is 0.696. The van der Waals surface area contributed by atoms with E-state index in [1.54, 1.807) is 0 Å². The first-order valence-corrected chi connectivity index (χ1v) is 6.30. The Morgan fingerprint density at radius 1 is 1.00 bits per heavy atom. The van der Waals surface area contributed by atoms with E-state index in [4.69, 9.17) is 5.73 Å². The lowest BCUT2D eigenvalue weighted by molar-refractivity contribution is 0.0693. The van der Waals surface area contributed by atoms with Crippen LogP contribution in [0.3, 0.4) is 0 Å². The lowest BCUT2D eigenvalue weighted by atomic mass is 9.89. The van der Waals surface area contributed by atoms with E-state index in [0.29, 0.717) is 12.1 Å². The molecule has 1 heterocycles. The zero-order valence-corrected chi connectivity index (χ0v) is 9.41. The average molecular weight is 196 g/mol. The van der Waals surface area contributed by atoms with E-state index >= 15 is 0 Å². The Labute approximate surface area is 87.8 Å². The first-order chi connectivity index (χ1) is 6.79. The normalized spacial score (nSPS) is 37.3. The van der Waals surface area contributed by atoms with Gasteiger partial charge in [0.25, 0.3) is 0 Å². The van der Waals surface area contributed by atoms with Crippen molar-refractivity contribution in [3.8, 4) is 0 Å². The molecule has 1 saturated heterocycles. The minimum Gasteiger partial charge on any atom is -0.326 e. The number of nitrogens with two attached hydrogens (primary N) is 1. The van der Waals surface area contributed by atoms with Crippen LogP contribution in [0.4, 0.5) is 0 Å². The van der Waals surface area contributed by atoms with Crippen LogP contribution in [0.25, 0.3) is 0 Å². The molecule has 14 heavy (non-hydrogen) atoms. The van der Waals surface area contributed by atoms with Crippen molar-refractivity contribution < 1.29 is 0 Å². The Morgan fingerprint density at radius 3 is 2.43 bits per heavy atom. The van der Waals surface area contributed by atoms with E-state index < -0.39 is 0 Å². The van der Waals surface area contributed by atoms with Gasteiger partial charge in [-0.1, -0.05) is 19.3 Å². The summed E-state index contributed by atoms with van der Waals surface area (Å²) in [6, 6.07) is 1.89. The Hall–Kier alpha value is -0.0800. The standard InChI is InChI=1S/C12H24N2/c1-10-12(13)8-5-9-14(10)11-6-3-2-4-7-11/h10-12H,2-9,13H2,1H3/t10-,12-/m1/s1. The Bertz CT molecular complexity index is 175.